The van der Waals surface area contributed by atoms with Gasteiger partial charge in [-0.15, -0.1) is 0 Å². The lowest BCUT2D eigenvalue weighted by Crippen LogP contribution is -2.16. The van der Waals surface area contributed by atoms with Crippen LogP contribution in [-0.4, -0.2) is 20.6 Å². The van der Waals surface area contributed by atoms with Gasteiger partial charge in [-0.05, 0) is 24.6 Å². The minimum Gasteiger partial charge on any atom is -0.478 e. The average Bonchev–Trinajstić information content (AvgIpc) is 2.65. The Hall–Kier alpha value is -2.04. The van der Waals surface area contributed by atoms with E-state index in [0.717, 1.165) is 24.8 Å². The number of benzene rings is 1. The van der Waals surface area contributed by atoms with Crippen LogP contribution in [0.2, 0.25) is 0 Å². The number of fused-ring (bicyclic) bond motifs is 1. The molecule has 2 rings (SSSR count). The van der Waals surface area contributed by atoms with Crippen molar-refractivity contribution in [3.63, 3.8) is 0 Å². The predicted octanol–water partition coefficient (Wildman–Crippen LogP) is 2.22. The SMILES string of the molecule is CCCCCn1c(=O)[nH]c2cc(C(=O)O)ccc21. The maximum absolute atomic E-state index is 11.8. The summed E-state index contributed by atoms with van der Waals surface area (Å²) < 4.78 is 1.66. The molecule has 0 aliphatic heterocycles. The van der Waals surface area contributed by atoms with E-state index >= 15 is 0 Å². The minimum absolute atomic E-state index is 0.177. The third-order valence-electron chi connectivity index (χ3n) is 3.01. The molecule has 0 aliphatic carbocycles. The van der Waals surface area contributed by atoms with E-state index in [1.807, 2.05) is 0 Å². The van der Waals surface area contributed by atoms with E-state index in [1.165, 1.54) is 12.1 Å². The van der Waals surface area contributed by atoms with Crippen LogP contribution in [-0.2, 0) is 6.54 Å². The molecule has 0 radical (unpaired) electrons. The van der Waals surface area contributed by atoms with Crippen LogP contribution in [0.1, 0.15) is 36.5 Å². The summed E-state index contributed by atoms with van der Waals surface area (Å²) in [6.07, 6.45) is 3.12. The van der Waals surface area contributed by atoms with Crippen LogP contribution >= 0.6 is 0 Å². The fourth-order valence-electron chi connectivity index (χ4n) is 2.04. The maximum Gasteiger partial charge on any atom is 0.335 e. The number of carboxylic acids is 1. The summed E-state index contributed by atoms with van der Waals surface area (Å²) in [5, 5.41) is 8.89. The lowest BCUT2D eigenvalue weighted by atomic mass is 10.2. The molecule has 0 spiro atoms. The second kappa shape index (κ2) is 5.08. The summed E-state index contributed by atoms with van der Waals surface area (Å²) in [6.45, 7) is 2.77. The standard InChI is InChI=1S/C13H16N2O3/c1-2-3-4-7-15-11-6-5-9(12(16)17)8-10(11)14-13(15)18/h5-6,8H,2-4,7H2,1H3,(H,14,18)(H,16,17). The highest BCUT2D eigenvalue weighted by atomic mass is 16.4. The Morgan fingerprint density at radius 1 is 1.39 bits per heavy atom. The number of aromatic carboxylic acids is 1. The molecule has 1 aromatic carbocycles. The van der Waals surface area contributed by atoms with Gasteiger partial charge in [0.2, 0.25) is 0 Å². The predicted molar refractivity (Wildman–Crippen MR) is 69.0 cm³/mol. The lowest BCUT2D eigenvalue weighted by molar-refractivity contribution is 0.0697. The number of aromatic amines is 1. The summed E-state index contributed by atoms with van der Waals surface area (Å²) >= 11 is 0. The average molecular weight is 248 g/mol. The highest BCUT2D eigenvalue weighted by Crippen LogP contribution is 2.13. The number of hydrogen-bond acceptors (Lipinski definition) is 2. The first-order valence-corrected chi connectivity index (χ1v) is 6.09. The Labute approximate surface area is 104 Å². The van der Waals surface area contributed by atoms with Crippen LogP contribution in [0, 0.1) is 0 Å². The summed E-state index contributed by atoms with van der Waals surface area (Å²) in [5.41, 5.74) is 1.35. The molecule has 0 atom stereocenters. The molecule has 0 saturated heterocycles. The van der Waals surface area contributed by atoms with Gasteiger partial charge in [0, 0.05) is 6.54 Å². The van der Waals surface area contributed by atoms with Gasteiger partial charge >= 0.3 is 11.7 Å². The minimum atomic E-state index is -0.989. The lowest BCUT2D eigenvalue weighted by Gasteiger charge is -2.02. The van der Waals surface area contributed by atoms with Crippen LogP contribution in [0.5, 0.6) is 0 Å². The summed E-state index contributed by atoms with van der Waals surface area (Å²) in [7, 11) is 0. The molecule has 5 heteroatoms. The van der Waals surface area contributed by atoms with Crippen molar-refractivity contribution in [3.05, 3.63) is 34.2 Å². The van der Waals surface area contributed by atoms with Gasteiger partial charge in [0.15, 0.2) is 0 Å². The van der Waals surface area contributed by atoms with Gasteiger partial charge in [0.25, 0.3) is 0 Å². The molecule has 0 saturated carbocycles. The second-order valence-corrected chi connectivity index (χ2v) is 4.33. The van der Waals surface area contributed by atoms with E-state index in [4.69, 9.17) is 5.11 Å². The molecular weight excluding hydrogens is 232 g/mol. The third-order valence-corrected chi connectivity index (χ3v) is 3.01. The molecule has 0 bridgehead atoms. The van der Waals surface area contributed by atoms with Crippen molar-refractivity contribution < 1.29 is 9.90 Å². The maximum atomic E-state index is 11.8. The number of aryl methyl sites for hydroxylation is 1. The fourth-order valence-corrected chi connectivity index (χ4v) is 2.04. The number of hydrogen-bond donors (Lipinski definition) is 2. The molecule has 2 aromatic rings. The molecule has 0 unspecified atom stereocenters. The summed E-state index contributed by atoms with van der Waals surface area (Å²) in [4.78, 5) is 25.3. The molecule has 2 N–H and O–H groups in total. The van der Waals surface area contributed by atoms with Crippen LogP contribution in [0.3, 0.4) is 0 Å². The number of carbonyl (C=O) groups is 1. The number of nitrogens with zero attached hydrogens (tertiary/aromatic N) is 1. The number of carboxylic acid groups (broad SMARTS) is 1. The highest BCUT2D eigenvalue weighted by molar-refractivity contribution is 5.92. The molecule has 1 aromatic heterocycles. The molecule has 18 heavy (non-hydrogen) atoms. The molecule has 1 heterocycles. The van der Waals surface area contributed by atoms with Crippen LogP contribution in [0.4, 0.5) is 0 Å². The second-order valence-electron chi connectivity index (χ2n) is 4.33. The molecule has 0 fully saturated rings. The monoisotopic (exact) mass is 248 g/mol. The Balaban J connectivity index is 2.39. The van der Waals surface area contributed by atoms with E-state index in [2.05, 4.69) is 11.9 Å². The zero-order valence-corrected chi connectivity index (χ0v) is 10.3. The van der Waals surface area contributed by atoms with Gasteiger partial charge in [-0.2, -0.15) is 0 Å². The Morgan fingerprint density at radius 3 is 2.83 bits per heavy atom. The zero-order valence-electron chi connectivity index (χ0n) is 10.3. The highest BCUT2D eigenvalue weighted by Gasteiger charge is 2.09. The van der Waals surface area contributed by atoms with Crippen molar-refractivity contribution >= 4 is 17.0 Å². The van der Waals surface area contributed by atoms with Gasteiger partial charge < -0.3 is 10.1 Å². The Morgan fingerprint density at radius 2 is 2.17 bits per heavy atom. The van der Waals surface area contributed by atoms with E-state index in [-0.39, 0.29) is 11.3 Å². The molecule has 0 aliphatic rings. The topological polar surface area (TPSA) is 75.1 Å². The number of nitrogens with one attached hydrogen (secondary N) is 1. The van der Waals surface area contributed by atoms with Gasteiger partial charge in [-0.1, -0.05) is 19.8 Å². The largest absolute Gasteiger partial charge is 0.478 e. The molecule has 5 nitrogen and oxygen atoms in total. The van der Waals surface area contributed by atoms with Crippen LogP contribution in [0.15, 0.2) is 23.0 Å². The van der Waals surface area contributed by atoms with Gasteiger partial charge in [-0.3, -0.25) is 4.57 Å². The van der Waals surface area contributed by atoms with Crippen molar-refractivity contribution in [2.24, 2.45) is 0 Å². The van der Waals surface area contributed by atoms with Gasteiger partial charge in [-0.25, -0.2) is 9.59 Å². The van der Waals surface area contributed by atoms with Crippen molar-refractivity contribution in [2.45, 2.75) is 32.7 Å². The summed E-state index contributed by atoms with van der Waals surface area (Å²) in [5.74, 6) is -0.989. The fraction of sp³-hybridized carbons (Fsp3) is 0.385. The molecule has 96 valence electrons. The smallest absolute Gasteiger partial charge is 0.335 e. The zero-order chi connectivity index (χ0) is 13.1. The van der Waals surface area contributed by atoms with Crippen molar-refractivity contribution in [3.8, 4) is 0 Å². The van der Waals surface area contributed by atoms with E-state index in [1.54, 1.807) is 10.6 Å². The first-order valence-electron chi connectivity index (χ1n) is 6.09. The number of rotatable bonds is 5. The van der Waals surface area contributed by atoms with Crippen molar-refractivity contribution in [1.29, 1.82) is 0 Å². The number of unbranched alkanes of at least 4 members (excludes halogenated alkanes) is 2. The van der Waals surface area contributed by atoms with E-state index in [9.17, 15) is 9.59 Å². The third kappa shape index (κ3) is 2.30. The van der Waals surface area contributed by atoms with E-state index < -0.39 is 5.97 Å². The van der Waals surface area contributed by atoms with Crippen LogP contribution in [0.25, 0.3) is 11.0 Å². The number of imidazole rings is 1. The first-order chi connectivity index (χ1) is 8.63. The Kier molecular flexibility index (Phi) is 3.50. The van der Waals surface area contributed by atoms with Crippen molar-refractivity contribution in [2.75, 3.05) is 0 Å². The first kappa shape index (κ1) is 12.4. The quantitative estimate of drug-likeness (QED) is 0.796. The Bertz CT molecular complexity index is 625. The molecule has 0 amide bonds. The normalized spacial score (nSPS) is 10.9. The number of H-pyrrole nitrogens is 1. The van der Waals surface area contributed by atoms with Gasteiger partial charge in [0.1, 0.15) is 0 Å². The van der Waals surface area contributed by atoms with E-state index in [0.29, 0.717) is 12.1 Å². The van der Waals surface area contributed by atoms with Gasteiger partial charge in [0.05, 0.1) is 16.6 Å². The number of aromatic nitrogens is 2. The summed E-state index contributed by atoms with van der Waals surface area (Å²) in [6, 6.07) is 4.70. The molecular formula is C13H16N2O3. The van der Waals surface area contributed by atoms with Crippen molar-refractivity contribution in [1.82, 2.24) is 9.55 Å². The van der Waals surface area contributed by atoms with Crippen LogP contribution < -0.4 is 5.69 Å².